The van der Waals surface area contributed by atoms with Crippen molar-refractivity contribution >= 4 is 0 Å². The van der Waals surface area contributed by atoms with Crippen LogP contribution in [0.5, 0.6) is 5.88 Å². The van der Waals surface area contributed by atoms with Crippen molar-refractivity contribution in [3.05, 3.63) is 23.9 Å². The molecule has 1 fully saturated rings. The molecule has 0 radical (unpaired) electrons. The highest BCUT2D eigenvalue weighted by Crippen LogP contribution is 2.31. The number of nitrogens with zero attached hydrogens (tertiary/aromatic N) is 1. The third-order valence-corrected chi connectivity index (χ3v) is 3.58. The van der Waals surface area contributed by atoms with Crippen molar-refractivity contribution in [2.24, 2.45) is 5.92 Å². The fourth-order valence-electron chi connectivity index (χ4n) is 2.44. The molecule has 1 unspecified atom stereocenters. The highest BCUT2D eigenvalue weighted by atomic mass is 16.5. The summed E-state index contributed by atoms with van der Waals surface area (Å²) in [7, 11) is 1.67. The van der Waals surface area contributed by atoms with Crippen molar-refractivity contribution in [1.29, 1.82) is 0 Å². The first-order chi connectivity index (χ1) is 7.81. The second-order valence-electron chi connectivity index (χ2n) is 4.51. The lowest BCUT2D eigenvalue weighted by molar-refractivity contribution is 0.329. The molecule has 88 valence electrons. The first kappa shape index (κ1) is 11.4. The van der Waals surface area contributed by atoms with Crippen LogP contribution >= 0.6 is 0 Å². The predicted molar refractivity (Wildman–Crippen MR) is 64.8 cm³/mol. The van der Waals surface area contributed by atoms with E-state index in [0.29, 0.717) is 5.92 Å². The van der Waals surface area contributed by atoms with Gasteiger partial charge >= 0.3 is 0 Å². The number of methoxy groups -OCH3 is 1. The Morgan fingerprint density at radius 2 is 2.19 bits per heavy atom. The molecule has 1 aliphatic heterocycles. The maximum absolute atomic E-state index is 5.17. The van der Waals surface area contributed by atoms with E-state index in [1.165, 1.54) is 18.4 Å². The standard InChI is InChI=1S/C13H20N2O/c1-10(11-3-6-14-7-4-11)12-5-8-15-13(9-12)16-2/h5,8-11,14H,3-4,6-7H2,1-2H3. The summed E-state index contributed by atoms with van der Waals surface area (Å²) in [5.41, 5.74) is 1.35. The lowest BCUT2D eigenvalue weighted by Crippen LogP contribution is -2.30. The van der Waals surface area contributed by atoms with Gasteiger partial charge in [0.2, 0.25) is 5.88 Å². The van der Waals surface area contributed by atoms with E-state index in [9.17, 15) is 0 Å². The molecule has 2 rings (SSSR count). The summed E-state index contributed by atoms with van der Waals surface area (Å²) >= 11 is 0. The molecule has 2 heterocycles. The fourth-order valence-corrected chi connectivity index (χ4v) is 2.44. The molecular formula is C13H20N2O. The fraction of sp³-hybridized carbons (Fsp3) is 0.615. The van der Waals surface area contributed by atoms with Crippen LogP contribution in [0.2, 0.25) is 0 Å². The van der Waals surface area contributed by atoms with Crippen molar-refractivity contribution in [2.45, 2.75) is 25.7 Å². The largest absolute Gasteiger partial charge is 0.481 e. The smallest absolute Gasteiger partial charge is 0.213 e. The highest BCUT2D eigenvalue weighted by molar-refractivity contribution is 5.24. The van der Waals surface area contributed by atoms with Gasteiger partial charge in [0, 0.05) is 12.3 Å². The maximum atomic E-state index is 5.17. The minimum Gasteiger partial charge on any atom is -0.481 e. The number of ether oxygens (including phenoxy) is 1. The molecular weight excluding hydrogens is 200 g/mol. The van der Waals surface area contributed by atoms with Crippen LogP contribution < -0.4 is 10.1 Å². The Kier molecular flexibility index (Phi) is 3.78. The predicted octanol–water partition coefficient (Wildman–Crippen LogP) is 2.19. The Hall–Kier alpha value is -1.09. The second kappa shape index (κ2) is 5.30. The second-order valence-corrected chi connectivity index (χ2v) is 4.51. The number of rotatable bonds is 3. The number of hydrogen-bond donors (Lipinski definition) is 1. The van der Waals surface area contributed by atoms with Crippen LogP contribution in [0.15, 0.2) is 18.3 Å². The van der Waals surface area contributed by atoms with Gasteiger partial charge in [0.1, 0.15) is 0 Å². The molecule has 0 saturated carbocycles. The summed E-state index contributed by atoms with van der Waals surface area (Å²) in [4.78, 5) is 4.15. The summed E-state index contributed by atoms with van der Waals surface area (Å²) in [6.07, 6.45) is 4.38. The number of piperidine rings is 1. The SMILES string of the molecule is COc1cc(C(C)C2CCNCC2)ccn1. The summed E-state index contributed by atoms with van der Waals surface area (Å²) < 4.78 is 5.17. The number of nitrogens with one attached hydrogen (secondary N) is 1. The summed E-state index contributed by atoms with van der Waals surface area (Å²) in [5, 5.41) is 3.41. The zero-order valence-electron chi connectivity index (χ0n) is 10.1. The van der Waals surface area contributed by atoms with Gasteiger partial charge in [0.05, 0.1) is 7.11 Å². The van der Waals surface area contributed by atoms with Crippen molar-refractivity contribution in [3.8, 4) is 5.88 Å². The zero-order valence-corrected chi connectivity index (χ0v) is 10.1. The molecule has 16 heavy (non-hydrogen) atoms. The zero-order chi connectivity index (χ0) is 11.4. The third-order valence-electron chi connectivity index (χ3n) is 3.58. The minimum atomic E-state index is 0.596. The van der Waals surface area contributed by atoms with Gasteiger partial charge in [0.15, 0.2) is 0 Å². The van der Waals surface area contributed by atoms with Crippen molar-refractivity contribution in [2.75, 3.05) is 20.2 Å². The third kappa shape index (κ3) is 2.53. The van der Waals surface area contributed by atoms with Gasteiger partial charge in [-0.25, -0.2) is 4.98 Å². The van der Waals surface area contributed by atoms with E-state index in [-0.39, 0.29) is 0 Å². The van der Waals surface area contributed by atoms with E-state index in [4.69, 9.17) is 4.74 Å². The van der Waals surface area contributed by atoms with E-state index in [1.807, 2.05) is 6.20 Å². The van der Waals surface area contributed by atoms with Gasteiger partial charge in [-0.2, -0.15) is 0 Å². The quantitative estimate of drug-likeness (QED) is 0.848. The van der Waals surface area contributed by atoms with Gasteiger partial charge in [-0.1, -0.05) is 6.92 Å². The molecule has 1 aliphatic rings. The Morgan fingerprint density at radius 3 is 2.88 bits per heavy atom. The normalized spacial score (nSPS) is 19.4. The molecule has 1 aromatic heterocycles. The molecule has 1 atom stereocenters. The van der Waals surface area contributed by atoms with Crippen LogP contribution in [0.25, 0.3) is 0 Å². The molecule has 0 amide bonds. The lowest BCUT2D eigenvalue weighted by Gasteiger charge is -2.28. The number of pyridine rings is 1. The van der Waals surface area contributed by atoms with Crippen molar-refractivity contribution in [3.63, 3.8) is 0 Å². The molecule has 0 aliphatic carbocycles. The average Bonchev–Trinajstić information content (AvgIpc) is 2.39. The topological polar surface area (TPSA) is 34.1 Å². The molecule has 1 saturated heterocycles. The molecule has 0 spiro atoms. The monoisotopic (exact) mass is 220 g/mol. The van der Waals surface area contributed by atoms with Crippen LogP contribution in [-0.4, -0.2) is 25.2 Å². The van der Waals surface area contributed by atoms with Crippen LogP contribution in [0.3, 0.4) is 0 Å². The highest BCUT2D eigenvalue weighted by Gasteiger charge is 2.21. The Morgan fingerprint density at radius 1 is 1.44 bits per heavy atom. The van der Waals surface area contributed by atoms with E-state index >= 15 is 0 Å². The van der Waals surface area contributed by atoms with E-state index in [2.05, 4.69) is 29.4 Å². The molecule has 3 heteroatoms. The summed E-state index contributed by atoms with van der Waals surface area (Å²) in [6.45, 7) is 4.61. The molecule has 3 nitrogen and oxygen atoms in total. The van der Waals surface area contributed by atoms with Crippen LogP contribution in [0.1, 0.15) is 31.2 Å². The van der Waals surface area contributed by atoms with Crippen LogP contribution in [0.4, 0.5) is 0 Å². The molecule has 0 bridgehead atoms. The van der Waals surface area contributed by atoms with E-state index < -0.39 is 0 Å². The van der Waals surface area contributed by atoms with E-state index in [0.717, 1.165) is 24.9 Å². The Balaban J connectivity index is 2.09. The van der Waals surface area contributed by atoms with Gasteiger partial charge in [0.25, 0.3) is 0 Å². The first-order valence-electron chi connectivity index (χ1n) is 6.02. The lowest BCUT2D eigenvalue weighted by atomic mass is 9.82. The first-order valence-corrected chi connectivity index (χ1v) is 6.02. The molecule has 0 aromatic carbocycles. The maximum Gasteiger partial charge on any atom is 0.213 e. The molecule has 1 N–H and O–H groups in total. The van der Waals surface area contributed by atoms with Gasteiger partial charge in [-0.3, -0.25) is 0 Å². The number of hydrogen-bond acceptors (Lipinski definition) is 3. The average molecular weight is 220 g/mol. The molecule has 1 aromatic rings. The summed E-state index contributed by atoms with van der Waals surface area (Å²) in [6, 6.07) is 4.17. The van der Waals surface area contributed by atoms with Gasteiger partial charge in [-0.05, 0) is 49.4 Å². The summed E-state index contributed by atoms with van der Waals surface area (Å²) in [5.74, 6) is 2.10. The van der Waals surface area contributed by atoms with Crippen LogP contribution in [0, 0.1) is 5.92 Å². The minimum absolute atomic E-state index is 0.596. The van der Waals surface area contributed by atoms with Gasteiger partial charge in [-0.15, -0.1) is 0 Å². The van der Waals surface area contributed by atoms with Gasteiger partial charge < -0.3 is 10.1 Å². The Bertz CT molecular complexity index is 334. The van der Waals surface area contributed by atoms with E-state index in [1.54, 1.807) is 7.11 Å². The number of aromatic nitrogens is 1. The van der Waals surface area contributed by atoms with Crippen molar-refractivity contribution < 1.29 is 4.74 Å². The van der Waals surface area contributed by atoms with Crippen molar-refractivity contribution in [1.82, 2.24) is 10.3 Å². The Labute approximate surface area is 97.2 Å². The van der Waals surface area contributed by atoms with Crippen LogP contribution in [-0.2, 0) is 0 Å².